The highest BCUT2D eigenvalue weighted by Crippen LogP contribution is 2.32. The van der Waals surface area contributed by atoms with Gasteiger partial charge in [-0.2, -0.15) is 0 Å². The summed E-state index contributed by atoms with van der Waals surface area (Å²) in [5.74, 6) is 1.52. The van der Waals surface area contributed by atoms with Crippen LogP contribution in [0.5, 0.6) is 11.5 Å². The van der Waals surface area contributed by atoms with Crippen molar-refractivity contribution in [2.24, 2.45) is 0 Å². The molecule has 2 nitrogen and oxygen atoms in total. The third-order valence-electron chi connectivity index (χ3n) is 2.58. The first-order chi connectivity index (χ1) is 8.81. The lowest BCUT2D eigenvalue weighted by molar-refractivity contribution is 0.473. The fourth-order valence-corrected chi connectivity index (χ4v) is 1.91. The van der Waals surface area contributed by atoms with Crippen molar-refractivity contribution in [3.05, 3.63) is 59.1 Å². The zero-order valence-electron chi connectivity index (χ0n) is 10.3. The van der Waals surface area contributed by atoms with Crippen molar-refractivity contribution in [1.82, 2.24) is 5.32 Å². The van der Waals surface area contributed by atoms with E-state index in [-0.39, 0.29) is 0 Å². The molecule has 0 spiro atoms. The van der Waals surface area contributed by atoms with Gasteiger partial charge in [0.2, 0.25) is 0 Å². The number of rotatable bonds is 5. The summed E-state index contributed by atoms with van der Waals surface area (Å²) in [5.41, 5.74) is 1.06. The van der Waals surface area contributed by atoms with Gasteiger partial charge in [-0.3, -0.25) is 0 Å². The van der Waals surface area contributed by atoms with Crippen LogP contribution in [-0.2, 0) is 6.54 Å². The van der Waals surface area contributed by atoms with Crippen molar-refractivity contribution in [3.63, 3.8) is 0 Å². The highest BCUT2D eigenvalue weighted by Gasteiger charge is 2.08. The second-order valence-electron chi connectivity index (χ2n) is 3.92. The number of hydrogen-bond acceptors (Lipinski definition) is 2. The number of ether oxygens (including phenoxy) is 1. The van der Waals surface area contributed by atoms with Gasteiger partial charge in [0.05, 0.1) is 5.02 Å². The minimum atomic E-state index is 0.634. The minimum Gasteiger partial charge on any atom is -0.455 e. The highest BCUT2D eigenvalue weighted by molar-refractivity contribution is 6.32. The van der Waals surface area contributed by atoms with Gasteiger partial charge in [0.25, 0.3) is 0 Å². The van der Waals surface area contributed by atoms with E-state index in [1.54, 1.807) is 0 Å². The Kier molecular flexibility index (Phi) is 4.62. The van der Waals surface area contributed by atoms with Crippen LogP contribution in [0, 0.1) is 0 Å². The van der Waals surface area contributed by atoms with Crippen LogP contribution in [0.4, 0.5) is 0 Å². The Hall–Kier alpha value is -1.51. The van der Waals surface area contributed by atoms with Gasteiger partial charge in [-0.25, -0.2) is 0 Å². The predicted molar refractivity (Wildman–Crippen MR) is 75.3 cm³/mol. The van der Waals surface area contributed by atoms with E-state index in [9.17, 15) is 0 Å². The predicted octanol–water partition coefficient (Wildman–Crippen LogP) is 4.24. The van der Waals surface area contributed by atoms with E-state index in [1.165, 1.54) is 0 Å². The quantitative estimate of drug-likeness (QED) is 0.869. The molecule has 0 amide bonds. The van der Waals surface area contributed by atoms with E-state index in [2.05, 4.69) is 12.2 Å². The van der Waals surface area contributed by atoms with Crippen molar-refractivity contribution in [2.75, 3.05) is 6.54 Å². The Morgan fingerprint density at radius 2 is 1.83 bits per heavy atom. The molecule has 0 saturated carbocycles. The van der Waals surface area contributed by atoms with Crippen LogP contribution in [0.1, 0.15) is 12.5 Å². The van der Waals surface area contributed by atoms with Crippen molar-refractivity contribution in [3.8, 4) is 11.5 Å². The number of halogens is 1. The molecule has 2 aromatic carbocycles. The summed E-state index contributed by atoms with van der Waals surface area (Å²) in [6.45, 7) is 3.73. The summed E-state index contributed by atoms with van der Waals surface area (Å²) >= 11 is 6.21. The monoisotopic (exact) mass is 261 g/mol. The Bertz CT molecular complexity index is 499. The summed E-state index contributed by atoms with van der Waals surface area (Å²) in [6, 6.07) is 15.5. The van der Waals surface area contributed by atoms with E-state index < -0.39 is 0 Å². The lowest BCUT2D eigenvalue weighted by Gasteiger charge is -2.13. The van der Waals surface area contributed by atoms with Crippen LogP contribution in [0.2, 0.25) is 5.02 Å². The van der Waals surface area contributed by atoms with E-state index in [4.69, 9.17) is 16.3 Å². The van der Waals surface area contributed by atoms with Crippen molar-refractivity contribution in [1.29, 1.82) is 0 Å². The lowest BCUT2D eigenvalue weighted by atomic mass is 10.2. The standard InChI is InChI=1S/C15H16ClNO/c1-2-17-11-12-7-6-10-14(16)15(12)18-13-8-4-3-5-9-13/h3-10,17H,2,11H2,1H3. The molecule has 18 heavy (non-hydrogen) atoms. The molecule has 94 valence electrons. The molecule has 0 aliphatic carbocycles. The second kappa shape index (κ2) is 6.43. The number of para-hydroxylation sites is 2. The number of nitrogens with one attached hydrogen (secondary N) is 1. The van der Waals surface area contributed by atoms with E-state index >= 15 is 0 Å². The molecule has 0 bridgehead atoms. The molecule has 2 aromatic rings. The van der Waals surface area contributed by atoms with Gasteiger partial charge in [0.15, 0.2) is 0 Å². The van der Waals surface area contributed by atoms with Gasteiger partial charge in [0.1, 0.15) is 11.5 Å². The Balaban J connectivity index is 2.25. The number of benzene rings is 2. The van der Waals surface area contributed by atoms with Gasteiger partial charge >= 0.3 is 0 Å². The Morgan fingerprint density at radius 1 is 1.06 bits per heavy atom. The maximum Gasteiger partial charge on any atom is 0.150 e. The van der Waals surface area contributed by atoms with E-state index in [0.717, 1.165) is 30.2 Å². The minimum absolute atomic E-state index is 0.634. The van der Waals surface area contributed by atoms with E-state index in [1.807, 2.05) is 48.5 Å². The first kappa shape index (κ1) is 12.9. The van der Waals surface area contributed by atoms with Crippen LogP contribution < -0.4 is 10.1 Å². The van der Waals surface area contributed by atoms with Crippen LogP contribution >= 0.6 is 11.6 Å². The second-order valence-corrected chi connectivity index (χ2v) is 4.33. The molecule has 0 fully saturated rings. The molecule has 0 aromatic heterocycles. The largest absolute Gasteiger partial charge is 0.455 e. The molecule has 2 rings (SSSR count). The summed E-state index contributed by atoms with van der Waals surface area (Å²) in [6.07, 6.45) is 0. The molecule has 3 heteroatoms. The topological polar surface area (TPSA) is 21.3 Å². The first-order valence-corrected chi connectivity index (χ1v) is 6.40. The lowest BCUT2D eigenvalue weighted by Crippen LogP contribution is -2.12. The van der Waals surface area contributed by atoms with Gasteiger partial charge in [0, 0.05) is 12.1 Å². The maximum atomic E-state index is 6.21. The molecule has 1 N–H and O–H groups in total. The van der Waals surface area contributed by atoms with Crippen LogP contribution in [0.25, 0.3) is 0 Å². The third-order valence-corrected chi connectivity index (χ3v) is 2.87. The van der Waals surface area contributed by atoms with Crippen LogP contribution in [-0.4, -0.2) is 6.54 Å². The van der Waals surface area contributed by atoms with Gasteiger partial charge in [-0.1, -0.05) is 48.9 Å². The smallest absolute Gasteiger partial charge is 0.150 e. The summed E-state index contributed by atoms with van der Waals surface area (Å²) in [4.78, 5) is 0. The molecule has 0 unspecified atom stereocenters. The molecule has 0 aliphatic rings. The molecule has 0 atom stereocenters. The normalized spacial score (nSPS) is 10.3. The zero-order chi connectivity index (χ0) is 12.8. The molecular formula is C15H16ClNO. The third kappa shape index (κ3) is 3.25. The van der Waals surface area contributed by atoms with Crippen molar-refractivity contribution < 1.29 is 4.74 Å². The molecular weight excluding hydrogens is 246 g/mol. The van der Waals surface area contributed by atoms with Gasteiger partial charge in [-0.15, -0.1) is 0 Å². The van der Waals surface area contributed by atoms with Gasteiger partial charge in [-0.05, 0) is 24.7 Å². The van der Waals surface area contributed by atoms with Gasteiger partial charge < -0.3 is 10.1 Å². The first-order valence-electron chi connectivity index (χ1n) is 6.02. The molecule has 0 radical (unpaired) electrons. The Morgan fingerprint density at radius 3 is 2.56 bits per heavy atom. The summed E-state index contributed by atoms with van der Waals surface area (Å²) in [5, 5.41) is 3.91. The van der Waals surface area contributed by atoms with Crippen LogP contribution in [0.3, 0.4) is 0 Å². The summed E-state index contributed by atoms with van der Waals surface area (Å²) < 4.78 is 5.87. The van der Waals surface area contributed by atoms with E-state index in [0.29, 0.717) is 5.02 Å². The SMILES string of the molecule is CCNCc1cccc(Cl)c1Oc1ccccc1. The fraction of sp³-hybridized carbons (Fsp3) is 0.200. The average Bonchev–Trinajstić information content (AvgIpc) is 2.41. The van der Waals surface area contributed by atoms with Crippen molar-refractivity contribution in [2.45, 2.75) is 13.5 Å². The molecule has 0 heterocycles. The van der Waals surface area contributed by atoms with Crippen molar-refractivity contribution >= 4 is 11.6 Å². The highest BCUT2D eigenvalue weighted by atomic mass is 35.5. The van der Waals surface area contributed by atoms with Crippen LogP contribution in [0.15, 0.2) is 48.5 Å². The summed E-state index contributed by atoms with van der Waals surface area (Å²) in [7, 11) is 0. The Labute approximate surface area is 113 Å². The molecule has 0 aliphatic heterocycles. The fourth-order valence-electron chi connectivity index (χ4n) is 1.67. The maximum absolute atomic E-state index is 6.21. The zero-order valence-corrected chi connectivity index (χ0v) is 11.1. The average molecular weight is 262 g/mol. The molecule has 0 saturated heterocycles. The number of hydrogen-bond donors (Lipinski definition) is 1.